The minimum absolute atomic E-state index is 0.501. The van der Waals surface area contributed by atoms with Crippen LogP contribution in [0.2, 0.25) is 0 Å². The zero-order valence-electron chi connectivity index (χ0n) is 13.3. The van der Waals surface area contributed by atoms with E-state index in [-0.39, 0.29) is 0 Å². The number of aryl methyl sites for hydroxylation is 1. The zero-order valence-corrected chi connectivity index (χ0v) is 13.3. The highest BCUT2D eigenvalue weighted by Crippen LogP contribution is 2.31. The fraction of sp³-hybridized carbons (Fsp3) is 0.750. The molecule has 4 nitrogen and oxygen atoms in total. The molecule has 2 N–H and O–H groups in total. The van der Waals surface area contributed by atoms with Gasteiger partial charge in [0.05, 0.1) is 0 Å². The Morgan fingerprint density at radius 1 is 1.20 bits per heavy atom. The lowest BCUT2D eigenvalue weighted by Gasteiger charge is -2.32. The summed E-state index contributed by atoms with van der Waals surface area (Å²) in [7, 11) is 0. The number of rotatable bonds is 7. The van der Waals surface area contributed by atoms with E-state index in [4.69, 9.17) is 4.98 Å². The first kappa shape index (κ1) is 15.1. The molecule has 0 spiro atoms. The van der Waals surface area contributed by atoms with E-state index in [9.17, 15) is 0 Å². The van der Waals surface area contributed by atoms with Crippen molar-refractivity contribution in [2.75, 3.05) is 17.2 Å². The van der Waals surface area contributed by atoms with Gasteiger partial charge in [-0.25, -0.2) is 9.97 Å². The summed E-state index contributed by atoms with van der Waals surface area (Å²) in [5.41, 5.74) is 1.14. The number of hydrogen-bond donors (Lipinski definition) is 2. The molecule has 1 aromatic rings. The predicted octanol–water partition coefficient (Wildman–Crippen LogP) is 3.77. The van der Waals surface area contributed by atoms with E-state index < -0.39 is 0 Å². The van der Waals surface area contributed by atoms with Crippen molar-refractivity contribution < 1.29 is 0 Å². The van der Waals surface area contributed by atoms with Crippen LogP contribution in [0.3, 0.4) is 0 Å². The lowest BCUT2D eigenvalue weighted by atomic mass is 9.80. The van der Waals surface area contributed by atoms with Crippen molar-refractivity contribution in [1.82, 2.24) is 9.97 Å². The maximum Gasteiger partial charge on any atom is 0.134 e. The Morgan fingerprint density at radius 2 is 1.90 bits per heavy atom. The molecule has 1 fully saturated rings. The SMILES string of the molecule is CCCc1nc(NCC)c(C)c(NC(C)C2CCC2)n1. The smallest absolute Gasteiger partial charge is 0.134 e. The molecule has 1 unspecified atom stereocenters. The molecular weight excluding hydrogens is 248 g/mol. The summed E-state index contributed by atoms with van der Waals surface area (Å²) >= 11 is 0. The van der Waals surface area contributed by atoms with Gasteiger partial charge in [0, 0.05) is 24.6 Å². The third-order valence-electron chi connectivity index (χ3n) is 4.23. The molecule has 1 heterocycles. The maximum absolute atomic E-state index is 4.72. The normalized spacial score (nSPS) is 16.6. The molecule has 1 aliphatic rings. The third-order valence-corrected chi connectivity index (χ3v) is 4.23. The molecule has 1 aromatic heterocycles. The Balaban J connectivity index is 2.19. The van der Waals surface area contributed by atoms with Crippen LogP contribution < -0.4 is 10.6 Å². The second-order valence-corrected chi connectivity index (χ2v) is 5.87. The molecule has 1 saturated carbocycles. The number of anilines is 2. The fourth-order valence-electron chi connectivity index (χ4n) is 2.65. The van der Waals surface area contributed by atoms with Gasteiger partial charge >= 0.3 is 0 Å². The van der Waals surface area contributed by atoms with Crippen molar-refractivity contribution >= 4 is 11.6 Å². The molecule has 0 aromatic carbocycles. The minimum atomic E-state index is 0.501. The van der Waals surface area contributed by atoms with Gasteiger partial charge in [0.1, 0.15) is 17.5 Å². The molecule has 0 amide bonds. The lowest BCUT2D eigenvalue weighted by Crippen LogP contribution is -2.31. The van der Waals surface area contributed by atoms with Crippen molar-refractivity contribution in [3.63, 3.8) is 0 Å². The Labute approximate surface area is 122 Å². The number of nitrogens with one attached hydrogen (secondary N) is 2. The molecule has 112 valence electrons. The van der Waals surface area contributed by atoms with Crippen LogP contribution in [0.5, 0.6) is 0 Å². The van der Waals surface area contributed by atoms with Gasteiger partial charge in [-0.3, -0.25) is 0 Å². The lowest BCUT2D eigenvalue weighted by molar-refractivity contribution is 0.285. The number of aromatic nitrogens is 2. The van der Waals surface area contributed by atoms with E-state index in [1.165, 1.54) is 19.3 Å². The largest absolute Gasteiger partial charge is 0.370 e. The van der Waals surface area contributed by atoms with Crippen molar-refractivity contribution in [3.05, 3.63) is 11.4 Å². The monoisotopic (exact) mass is 276 g/mol. The average molecular weight is 276 g/mol. The van der Waals surface area contributed by atoms with Crippen molar-refractivity contribution in [1.29, 1.82) is 0 Å². The van der Waals surface area contributed by atoms with Crippen LogP contribution in [-0.2, 0) is 6.42 Å². The van der Waals surface area contributed by atoms with E-state index >= 15 is 0 Å². The van der Waals surface area contributed by atoms with Gasteiger partial charge in [0.25, 0.3) is 0 Å². The molecule has 1 aliphatic carbocycles. The summed E-state index contributed by atoms with van der Waals surface area (Å²) in [6.07, 6.45) is 6.08. The third kappa shape index (κ3) is 3.41. The highest BCUT2D eigenvalue weighted by Gasteiger charge is 2.24. The summed E-state index contributed by atoms with van der Waals surface area (Å²) < 4.78 is 0. The molecule has 4 heteroatoms. The Bertz CT molecular complexity index is 440. The highest BCUT2D eigenvalue weighted by molar-refractivity contribution is 5.57. The predicted molar refractivity (Wildman–Crippen MR) is 85.4 cm³/mol. The fourth-order valence-corrected chi connectivity index (χ4v) is 2.65. The van der Waals surface area contributed by atoms with E-state index in [0.717, 1.165) is 48.3 Å². The summed E-state index contributed by atoms with van der Waals surface area (Å²) in [6.45, 7) is 9.54. The van der Waals surface area contributed by atoms with Gasteiger partial charge in [0.15, 0.2) is 0 Å². The van der Waals surface area contributed by atoms with E-state index in [0.29, 0.717) is 6.04 Å². The van der Waals surface area contributed by atoms with E-state index in [1.807, 2.05) is 0 Å². The van der Waals surface area contributed by atoms with E-state index in [2.05, 4.69) is 43.3 Å². The van der Waals surface area contributed by atoms with Crippen LogP contribution >= 0.6 is 0 Å². The number of hydrogen-bond acceptors (Lipinski definition) is 4. The van der Waals surface area contributed by atoms with Crippen LogP contribution in [0.4, 0.5) is 11.6 Å². The summed E-state index contributed by atoms with van der Waals surface area (Å²) in [6, 6.07) is 0.501. The quantitative estimate of drug-likeness (QED) is 0.796. The molecule has 1 atom stereocenters. The van der Waals surface area contributed by atoms with E-state index in [1.54, 1.807) is 0 Å². The van der Waals surface area contributed by atoms with Crippen LogP contribution in [0.25, 0.3) is 0 Å². The first-order valence-corrected chi connectivity index (χ1v) is 8.03. The molecule has 2 rings (SSSR count). The first-order valence-electron chi connectivity index (χ1n) is 8.03. The van der Waals surface area contributed by atoms with Crippen LogP contribution in [0.1, 0.15) is 57.8 Å². The molecule has 20 heavy (non-hydrogen) atoms. The van der Waals surface area contributed by atoms with Crippen molar-refractivity contribution in [3.8, 4) is 0 Å². The van der Waals surface area contributed by atoms with Crippen molar-refractivity contribution in [2.24, 2.45) is 5.92 Å². The van der Waals surface area contributed by atoms with Gasteiger partial charge in [0.2, 0.25) is 0 Å². The van der Waals surface area contributed by atoms with Gasteiger partial charge in [-0.2, -0.15) is 0 Å². The van der Waals surface area contributed by atoms with Crippen LogP contribution in [0.15, 0.2) is 0 Å². The second kappa shape index (κ2) is 6.91. The van der Waals surface area contributed by atoms with Gasteiger partial charge in [-0.05, 0) is 46.0 Å². The summed E-state index contributed by atoms with van der Waals surface area (Å²) in [4.78, 5) is 9.36. The zero-order chi connectivity index (χ0) is 14.5. The van der Waals surface area contributed by atoms with Gasteiger partial charge in [-0.15, -0.1) is 0 Å². The highest BCUT2D eigenvalue weighted by atomic mass is 15.1. The Morgan fingerprint density at radius 3 is 2.45 bits per heavy atom. The molecule has 0 aliphatic heterocycles. The summed E-state index contributed by atoms with van der Waals surface area (Å²) in [5.74, 6) is 3.74. The van der Waals surface area contributed by atoms with Gasteiger partial charge < -0.3 is 10.6 Å². The topological polar surface area (TPSA) is 49.8 Å². The van der Waals surface area contributed by atoms with Gasteiger partial charge in [-0.1, -0.05) is 13.3 Å². The van der Waals surface area contributed by atoms with Crippen molar-refractivity contribution in [2.45, 2.75) is 65.8 Å². The second-order valence-electron chi connectivity index (χ2n) is 5.87. The average Bonchev–Trinajstić information content (AvgIpc) is 2.33. The standard InChI is InChI=1S/C16H28N4/c1-5-8-14-19-15(17-6-2)11(3)16(20-14)18-12(4)13-9-7-10-13/h12-13H,5-10H2,1-4H3,(H2,17,18,19,20). The molecule has 0 saturated heterocycles. The van der Waals surface area contributed by atoms with Crippen LogP contribution in [-0.4, -0.2) is 22.6 Å². The number of nitrogens with zero attached hydrogens (tertiary/aromatic N) is 2. The van der Waals surface area contributed by atoms with Crippen LogP contribution in [0, 0.1) is 12.8 Å². The molecule has 0 radical (unpaired) electrons. The Kier molecular flexibility index (Phi) is 5.21. The summed E-state index contributed by atoms with van der Waals surface area (Å²) in [5, 5.41) is 6.97. The first-order chi connectivity index (χ1) is 9.65. The maximum atomic E-state index is 4.72. The molecule has 0 bridgehead atoms. The molecular formula is C16H28N4. The Hall–Kier alpha value is -1.32. The minimum Gasteiger partial charge on any atom is -0.370 e.